The number of urea groups is 1. The third-order valence-corrected chi connectivity index (χ3v) is 1.56. The third kappa shape index (κ3) is 4.84. The molecule has 16 heavy (non-hydrogen) atoms. The van der Waals surface area contributed by atoms with E-state index in [4.69, 9.17) is 5.11 Å². The fourth-order valence-corrected chi connectivity index (χ4v) is 0.892. The van der Waals surface area contributed by atoms with Gasteiger partial charge in [-0.25, -0.2) is 9.78 Å². The van der Waals surface area contributed by atoms with Gasteiger partial charge in [-0.2, -0.15) is 5.10 Å². The molecular weight excluding hydrogens is 214 g/mol. The smallest absolute Gasteiger partial charge is 0.321 e. The van der Waals surface area contributed by atoms with Gasteiger partial charge in [0, 0.05) is 13.0 Å². The Morgan fingerprint density at radius 2 is 2.19 bits per heavy atom. The number of aromatic nitrogens is 3. The Morgan fingerprint density at radius 3 is 2.81 bits per heavy atom. The van der Waals surface area contributed by atoms with Crippen molar-refractivity contribution >= 4 is 17.9 Å². The van der Waals surface area contributed by atoms with E-state index in [0.29, 0.717) is 6.42 Å². The van der Waals surface area contributed by atoms with E-state index < -0.39 is 12.0 Å². The topological polar surface area (TPSA) is 117 Å². The van der Waals surface area contributed by atoms with Crippen LogP contribution in [0.25, 0.3) is 0 Å². The van der Waals surface area contributed by atoms with Gasteiger partial charge < -0.3 is 10.4 Å². The van der Waals surface area contributed by atoms with Crippen LogP contribution < -0.4 is 10.6 Å². The Labute approximate surface area is 91.1 Å². The lowest BCUT2D eigenvalue weighted by molar-refractivity contribution is -0.137. The molecule has 8 heteroatoms. The molecule has 2 amide bonds. The number of aliphatic carboxylic acids is 1. The summed E-state index contributed by atoms with van der Waals surface area (Å²) >= 11 is 0. The second-order valence-corrected chi connectivity index (χ2v) is 2.84. The standard InChI is InChI=1S/C8H11N5O3/c14-6(15)2-1-3-10-8(16)12-7-9-4-5-11-13-7/h4-5H,1-3H2,(H,14,15)(H2,9,10,12,13,16). The van der Waals surface area contributed by atoms with Crippen molar-refractivity contribution in [3.05, 3.63) is 12.4 Å². The van der Waals surface area contributed by atoms with Crippen LogP contribution >= 0.6 is 0 Å². The van der Waals surface area contributed by atoms with Crippen LogP contribution in [0.15, 0.2) is 12.4 Å². The molecule has 0 fully saturated rings. The van der Waals surface area contributed by atoms with E-state index in [1.165, 1.54) is 12.4 Å². The number of nitrogens with zero attached hydrogens (tertiary/aromatic N) is 3. The molecule has 86 valence electrons. The molecule has 0 spiro atoms. The number of carbonyl (C=O) groups excluding carboxylic acids is 1. The van der Waals surface area contributed by atoms with Gasteiger partial charge in [0.25, 0.3) is 5.95 Å². The van der Waals surface area contributed by atoms with Crippen LogP contribution in [0.4, 0.5) is 10.7 Å². The minimum atomic E-state index is -0.891. The van der Waals surface area contributed by atoms with Crippen molar-refractivity contribution in [1.29, 1.82) is 0 Å². The summed E-state index contributed by atoms with van der Waals surface area (Å²) in [6.45, 7) is 0.276. The highest BCUT2D eigenvalue weighted by molar-refractivity contribution is 5.87. The molecule has 0 aliphatic rings. The number of hydrogen-bond acceptors (Lipinski definition) is 5. The fourth-order valence-electron chi connectivity index (χ4n) is 0.892. The van der Waals surface area contributed by atoms with Gasteiger partial charge in [0.05, 0.1) is 12.4 Å². The van der Waals surface area contributed by atoms with Gasteiger partial charge in [0.15, 0.2) is 0 Å². The van der Waals surface area contributed by atoms with E-state index in [-0.39, 0.29) is 18.9 Å². The molecule has 0 aromatic carbocycles. The average Bonchev–Trinajstić information content (AvgIpc) is 2.25. The Hall–Kier alpha value is -2.25. The van der Waals surface area contributed by atoms with Crippen molar-refractivity contribution in [2.45, 2.75) is 12.8 Å². The predicted molar refractivity (Wildman–Crippen MR) is 53.7 cm³/mol. The van der Waals surface area contributed by atoms with E-state index >= 15 is 0 Å². The summed E-state index contributed by atoms with van der Waals surface area (Å²) in [5.41, 5.74) is 0. The zero-order chi connectivity index (χ0) is 11.8. The van der Waals surface area contributed by atoms with Crippen LogP contribution in [0.1, 0.15) is 12.8 Å². The number of amides is 2. The summed E-state index contributed by atoms with van der Waals surface area (Å²) in [7, 11) is 0. The second kappa shape index (κ2) is 6.27. The summed E-state index contributed by atoms with van der Waals surface area (Å²) in [6, 6.07) is -0.488. The van der Waals surface area contributed by atoms with Crippen LogP contribution in [-0.4, -0.2) is 38.8 Å². The molecule has 8 nitrogen and oxygen atoms in total. The molecule has 0 saturated carbocycles. The molecule has 0 aliphatic heterocycles. The molecule has 0 aliphatic carbocycles. The summed E-state index contributed by atoms with van der Waals surface area (Å²) < 4.78 is 0. The van der Waals surface area contributed by atoms with Gasteiger partial charge in [-0.3, -0.25) is 10.1 Å². The number of rotatable bonds is 5. The number of carbonyl (C=O) groups is 2. The average molecular weight is 225 g/mol. The highest BCUT2D eigenvalue weighted by atomic mass is 16.4. The molecule has 0 atom stereocenters. The monoisotopic (exact) mass is 225 g/mol. The van der Waals surface area contributed by atoms with Gasteiger partial charge in [-0.1, -0.05) is 0 Å². The predicted octanol–water partition coefficient (Wildman–Crippen LogP) is -0.142. The molecule has 1 rings (SSSR count). The number of hydrogen-bond donors (Lipinski definition) is 3. The molecule has 0 unspecified atom stereocenters. The zero-order valence-corrected chi connectivity index (χ0v) is 8.38. The zero-order valence-electron chi connectivity index (χ0n) is 8.38. The van der Waals surface area contributed by atoms with Crippen LogP contribution in [0.3, 0.4) is 0 Å². The molecule has 0 radical (unpaired) electrons. The fraction of sp³-hybridized carbons (Fsp3) is 0.375. The molecule has 1 aromatic rings. The van der Waals surface area contributed by atoms with E-state index in [1.54, 1.807) is 0 Å². The summed E-state index contributed by atoms with van der Waals surface area (Å²) in [6.07, 6.45) is 3.17. The molecule has 1 heterocycles. The van der Waals surface area contributed by atoms with Gasteiger partial charge in [-0.15, -0.1) is 5.10 Å². The Bertz CT molecular complexity index is 356. The van der Waals surface area contributed by atoms with Crippen molar-refractivity contribution in [3.8, 4) is 0 Å². The molecular formula is C8H11N5O3. The summed E-state index contributed by atoms with van der Waals surface area (Å²) in [5.74, 6) is -0.795. The number of carboxylic acid groups (broad SMARTS) is 1. The van der Waals surface area contributed by atoms with Crippen molar-refractivity contribution in [3.63, 3.8) is 0 Å². The van der Waals surface area contributed by atoms with Gasteiger partial charge >= 0.3 is 12.0 Å². The molecule has 3 N–H and O–H groups in total. The highest BCUT2D eigenvalue weighted by Crippen LogP contribution is 1.91. The third-order valence-electron chi connectivity index (χ3n) is 1.56. The Kier molecular flexibility index (Phi) is 4.64. The van der Waals surface area contributed by atoms with Gasteiger partial charge in [-0.05, 0) is 6.42 Å². The number of anilines is 1. The van der Waals surface area contributed by atoms with Crippen molar-refractivity contribution in [2.75, 3.05) is 11.9 Å². The minimum absolute atomic E-state index is 0.0175. The summed E-state index contributed by atoms with van der Waals surface area (Å²) in [5, 5.41) is 20.2. The van der Waals surface area contributed by atoms with Crippen LogP contribution in [0.2, 0.25) is 0 Å². The quantitative estimate of drug-likeness (QED) is 0.600. The lowest BCUT2D eigenvalue weighted by Gasteiger charge is -2.04. The van der Waals surface area contributed by atoms with E-state index in [9.17, 15) is 9.59 Å². The maximum absolute atomic E-state index is 11.2. The van der Waals surface area contributed by atoms with Crippen LogP contribution in [0.5, 0.6) is 0 Å². The molecule has 0 bridgehead atoms. The van der Waals surface area contributed by atoms with Crippen molar-refractivity contribution in [2.24, 2.45) is 0 Å². The largest absolute Gasteiger partial charge is 0.481 e. The first kappa shape index (κ1) is 11.8. The number of nitrogens with one attached hydrogen (secondary N) is 2. The van der Waals surface area contributed by atoms with E-state index in [2.05, 4.69) is 25.8 Å². The molecule has 0 saturated heterocycles. The molecule has 1 aromatic heterocycles. The minimum Gasteiger partial charge on any atom is -0.481 e. The van der Waals surface area contributed by atoms with Gasteiger partial charge in [0.2, 0.25) is 0 Å². The lowest BCUT2D eigenvalue weighted by atomic mass is 10.3. The lowest BCUT2D eigenvalue weighted by Crippen LogP contribution is -2.30. The van der Waals surface area contributed by atoms with E-state index in [1.807, 2.05) is 0 Å². The first-order valence-corrected chi connectivity index (χ1v) is 4.59. The summed E-state index contributed by atoms with van der Waals surface area (Å²) in [4.78, 5) is 25.1. The highest BCUT2D eigenvalue weighted by Gasteiger charge is 2.03. The maximum Gasteiger partial charge on any atom is 0.321 e. The first-order valence-electron chi connectivity index (χ1n) is 4.59. The van der Waals surface area contributed by atoms with E-state index in [0.717, 1.165) is 0 Å². The first-order chi connectivity index (χ1) is 7.68. The van der Waals surface area contributed by atoms with Crippen LogP contribution in [-0.2, 0) is 4.79 Å². The maximum atomic E-state index is 11.2. The SMILES string of the molecule is O=C(O)CCCNC(=O)Nc1nccnn1. The number of carboxylic acids is 1. The Morgan fingerprint density at radius 1 is 1.38 bits per heavy atom. The van der Waals surface area contributed by atoms with Crippen molar-refractivity contribution < 1.29 is 14.7 Å². The van der Waals surface area contributed by atoms with Crippen molar-refractivity contribution in [1.82, 2.24) is 20.5 Å². The Balaban J connectivity index is 2.19. The second-order valence-electron chi connectivity index (χ2n) is 2.84. The van der Waals surface area contributed by atoms with Gasteiger partial charge in [0.1, 0.15) is 0 Å². The normalized spacial score (nSPS) is 9.50. The van der Waals surface area contributed by atoms with Crippen LogP contribution in [0, 0.1) is 0 Å².